The van der Waals surface area contributed by atoms with E-state index in [-0.39, 0.29) is 0 Å². The molecule has 1 unspecified atom stereocenters. The summed E-state index contributed by atoms with van der Waals surface area (Å²) in [5.74, 6) is 1.81. The van der Waals surface area contributed by atoms with Gasteiger partial charge < -0.3 is 4.57 Å². The van der Waals surface area contributed by atoms with E-state index in [0.717, 1.165) is 66.6 Å². The Morgan fingerprint density at radius 3 is 1.83 bits per heavy atom. The first kappa shape index (κ1) is 30.1. The van der Waals surface area contributed by atoms with Gasteiger partial charge in [0, 0.05) is 39.9 Å². The normalized spacial score (nSPS) is 14.8. The summed E-state index contributed by atoms with van der Waals surface area (Å²) < 4.78 is 2.32. The molecular weight excluding hydrogens is 635 g/mol. The Labute approximate surface area is 302 Å². The number of aryl methyl sites for hydroxylation is 1. The Morgan fingerprint density at radius 2 is 1.17 bits per heavy atom. The van der Waals surface area contributed by atoms with Gasteiger partial charge in [0.15, 0.2) is 17.5 Å². The molecule has 10 rings (SSSR count). The van der Waals surface area contributed by atoms with Gasteiger partial charge in [0.25, 0.3) is 0 Å². The minimum atomic E-state index is -0.818. The van der Waals surface area contributed by atoms with Crippen molar-refractivity contribution in [3.05, 3.63) is 186 Å². The average Bonchev–Trinajstić information content (AvgIpc) is 3.55. The SMILES string of the molecule is [B]c1ccc(C2(c3ccc(C)cc3)c3cc(-c4nc(-c5ccccc5)nc(-c5ccccc5)n4)ccc3-n3c4cnccc4c4ccnc2c43)cc1. The van der Waals surface area contributed by atoms with Crippen LogP contribution in [0.1, 0.15) is 27.9 Å². The number of fused-ring (bicyclic) bond motifs is 5. The van der Waals surface area contributed by atoms with Crippen molar-refractivity contribution >= 4 is 35.1 Å². The largest absolute Gasteiger partial charge is 0.305 e. The summed E-state index contributed by atoms with van der Waals surface area (Å²) in [5.41, 5.74) is 11.0. The maximum atomic E-state index is 6.33. The van der Waals surface area contributed by atoms with Crippen molar-refractivity contribution in [2.45, 2.75) is 12.3 Å². The Hall–Kier alpha value is -6.73. The van der Waals surface area contributed by atoms with Crippen molar-refractivity contribution in [1.82, 2.24) is 29.5 Å². The van der Waals surface area contributed by atoms with Crippen molar-refractivity contribution in [3.8, 4) is 39.9 Å². The van der Waals surface area contributed by atoms with Crippen molar-refractivity contribution in [3.63, 3.8) is 0 Å². The maximum Gasteiger partial charge on any atom is 0.164 e. The minimum Gasteiger partial charge on any atom is -0.305 e. The topological polar surface area (TPSA) is 69.4 Å². The van der Waals surface area contributed by atoms with Crippen molar-refractivity contribution < 1.29 is 0 Å². The molecule has 4 aromatic heterocycles. The van der Waals surface area contributed by atoms with E-state index in [2.05, 4.69) is 83.2 Å². The molecule has 0 saturated carbocycles. The van der Waals surface area contributed by atoms with Crippen molar-refractivity contribution in [2.75, 3.05) is 0 Å². The lowest BCUT2D eigenvalue weighted by Crippen LogP contribution is -2.36. The molecule has 0 spiro atoms. The summed E-state index contributed by atoms with van der Waals surface area (Å²) in [6.07, 6.45) is 5.74. The van der Waals surface area contributed by atoms with Gasteiger partial charge in [-0.25, -0.2) is 15.0 Å². The molecule has 0 bridgehead atoms. The van der Waals surface area contributed by atoms with Crippen molar-refractivity contribution in [2.24, 2.45) is 0 Å². The Kier molecular flexibility index (Phi) is 6.76. The smallest absolute Gasteiger partial charge is 0.164 e. The van der Waals surface area contributed by atoms with Gasteiger partial charge in [-0.15, -0.1) is 0 Å². The molecule has 0 N–H and O–H groups in total. The molecule has 1 aliphatic rings. The first-order chi connectivity index (χ1) is 25.6. The summed E-state index contributed by atoms with van der Waals surface area (Å²) in [6, 6.07) is 47.9. The lowest BCUT2D eigenvalue weighted by atomic mass is 9.64. The first-order valence-electron chi connectivity index (χ1n) is 17.3. The molecule has 2 radical (unpaired) electrons. The van der Waals surface area contributed by atoms with E-state index in [0.29, 0.717) is 22.9 Å². The van der Waals surface area contributed by atoms with Crippen LogP contribution in [0.25, 0.3) is 61.7 Å². The molecule has 1 atom stereocenters. The standard InChI is InChI=1S/C45H29BN6/c1-28-12-15-32(16-13-28)45(33-17-19-34(46)20-18-33)37-26-31(14-21-38(37)52-39-27-47-24-22-35(39)36-23-25-48-41(45)40(36)52)44-50-42(29-8-4-2-5-9-29)49-43(51-44)30-10-6-3-7-11-30/h2-27H,1H3. The molecule has 0 fully saturated rings. The van der Waals surface area contributed by atoms with Gasteiger partial charge in [0.1, 0.15) is 7.85 Å². The third-order valence-corrected chi connectivity index (χ3v) is 10.3. The summed E-state index contributed by atoms with van der Waals surface area (Å²) >= 11 is 0. The van der Waals surface area contributed by atoms with Crippen LogP contribution in [0.15, 0.2) is 158 Å². The summed E-state index contributed by atoms with van der Waals surface area (Å²) in [7, 11) is 6.33. The fraction of sp³-hybridized carbons (Fsp3) is 0.0444. The van der Waals surface area contributed by atoms with Crippen LogP contribution >= 0.6 is 0 Å². The van der Waals surface area contributed by atoms with Gasteiger partial charge in [-0.05, 0) is 53.9 Å². The highest BCUT2D eigenvalue weighted by Gasteiger charge is 2.47. The predicted octanol–water partition coefficient (Wildman–Crippen LogP) is 8.56. The summed E-state index contributed by atoms with van der Waals surface area (Å²) in [5, 5.41) is 2.25. The number of pyridine rings is 2. The second kappa shape index (κ2) is 11.7. The van der Waals surface area contributed by atoms with Crippen LogP contribution in [0, 0.1) is 6.92 Å². The second-order valence-electron chi connectivity index (χ2n) is 13.3. The lowest BCUT2D eigenvalue weighted by molar-refractivity contribution is 0.699. The number of nitrogens with zero attached hydrogens (tertiary/aromatic N) is 6. The molecule has 1 aliphatic heterocycles. The van der Waals surface area contributed by atoms with E-state index in [4.69, 9.17) is 27.8 Å². The van der Waals surface area contributed by atoms with Gasteiger partial charge in [0.05, 0.1) is 34.0 Å². The molecule has 5 heterocycles. The molecule has 7 heteroatoms. The molecule has 0 amide bonds. The molecule has 0 saturated heterocycles. The third-order valence-electron chi connectivity index (χ3n) is 10.3. The highest BCUT2D eigenvalue weighted by Crippen LogP contribution is 2.54. The zero-order chi connectivity index (χ0) is 34.8. The zero-order valence-electron chi connectivity index (χ0n) is 28.3. The fourth-order valence-electron chi connectivity index (χ4n) is 7.86. The van der Waals surface area contributed by atoms with Crippen LogP contribution in [-0.2, 0) is 5.41 Å². The van der Waals surface area contributed by atoms with E-state index >= 15 is 0 Å². The average molecular weight is 665 g/mol. The molecule has 9 aromatic rings. The monoisotopic (exact) mass is 664 g/mol. The Bertz CT molecular complexity index is 2690. The summed E-state index contributed by atoms with van der Waals surface area (Å²) in [4.78, 5) is 25.0. The van der Waals surface area contributed by atoms with Crippen LogP contribution in [0.5, 0.6) is 0 Å². The molecule has 52 heavy (non-hydrogen) atoms. The van der Waals surface area contributed by atoms with Gasteiger partial charge in [-0.2, -0.15) is 0 Å². The minimum absolute atomic E-state index is 0.585. The van der Waals surface area contributed by atoms with E-state index in [1.54, 1.807) is 0 Å². The van der Waals surface area contributed by atoms with Gasteiger partial charge in [0.2, 0.25) is 0 Å². The van der Waals surface area contributed by atoms with Crippen LogP contribution in [-0.4, -0.2) is 37.3 Å². The van der Waals surface area contributed by atoms with Crippen LogP contribution in [0.3, 0.4) is 0 Å². The van der Waals surface area contributed by atoms with Gasteiger partial charge in [-0.1, -0.05) is 120 Å². The van der Waals surface area contributed by atoms with Crippen LogP contribution < -0.4 is 5.46 Å². The predicted molar refractivity (Wildman–Crippen MR) is 208 cm³/mol. The van der Waals surface area contributed by atoms with Gasteiger partial charge in [-0.3, -0.25) is 9.97 Å². The molecule has 6 nitrogen and oxygen atoms in total. The van der Waals surface area contributed by atoms with E-state index in [1.807, 2.05) is 91.4 Å². The number of hydrogen-bond acceptors (Lipinski definition) is 5. The second-order valence-corrected chi connectivity index (χ2v) is 13.3. The fourth-order valence-corrected chi connectivity index (χ4v) is 7.86. The number of hydrogen-bond donors (Lipinski definition) is 0. The lowest BCUT2D eigenvalue weighted by Gasteiger charge is -2.41. The number of aromatic nitrogens is 6. The molecule has 242 valence electrons. The highest BCUT2D eigenvalue weighted by molar-refractivity contribution is 6.32. The van der Waals surface area contributed by atoms with E-state index in [1.165, 1.54) is 5.56 Å². The summed E-state index contributed by atoms with van der Waals surface area (Å²) in [6.45, 7) is 2.12. The third kappa shape index (κ3) is 4.49. The Morgan fingerprint density at radius 1 is 0.577 bits per heavy atom. The molecule has 5 aromatic carbocycles. The molecular formula is C45H29BN6. The number of rotatable bonds is 5. The quantitative estimate of drug-likeness (QED) is 0.173. The van der Waals surface area contributed by atoms with Crippen molar-refractivity contribution in [1.29, 1.82) is 0 Å². The Balaban J connectivity index is 1.33. The van der Waals surface area contributed by atoms with E-state index < -0.39 is 5.41 Å². The zero-order valence-corrected chi connectivity index (χ0v) is 28.3. The van der Waals surface area contributed by atoms with Gasteiger partial charge >= 0.3 is 0 Å². The number of benzene rings is 5. The molecule has 0 aliphatic carbocycles. The first-order valence-corrected chi connectivity index (χ1v) is 17.3. The highest BCUT2D eigenvalue weighted by atomic mass is 15.0. The van der Waals surface area contributed by atoms with Crippen LogP contribution in [0.4, 0.5) is 0 Å². The maximum absolute atomic E-state index is 6.33. The van der Waals surface area contributed by atoms with Crippen LogP contribution in [0.2, 0.25) is 0 Å². The van der Waals surface area contributed by atoms with E-state index in [9.17, 15) is 0 Å².